The Morgan fingerprint density at radius 1 is 1.35 bits per heavy atom. The smallest absolute Gasteiger partial charge is 0.123 e. The topological polar surface area (TPSA) is 38.5 Å². The second-order valence-electron chi connectivity index (χ2n) is 6.28. The molecule has 0 amide bonds. The summed E-state index contributed by atoms with van der Waals surface area (Å²) in [5.41, 5.74) is 8.38. The van der Waals surface area contributed by atoms with Crippen molar-refractivity contribution in [3.05, 3.63) is 29.3 Å². The number of nitrogens with zero attached hydrogens (tertiary/aromatic N) is 1. The lowest BCUT2D eigenvalue weighted by Crippen LogP contribution is -2.46. The fourth-order valence-corrected chi connectivity index (χ4v) is 3.28. The molecule has 3 rings (SSSR count). The average molecular weight is 274 g/mol. The van der Waals surface area contributed by atoms with Crippen LogP contribution in [0.5, 0.6) is 5.75 Å². The van der Waals surface area contributed by atoms with Crippen LogP contribution in [0.4, 0.5) is 0 Å². The molecular formula is C17H26N2O. The summed E-state index contributed by atoms with van der Waals surface area (Å²) < 4.78 is 6.12. The maximum absolute atomic E-state index is 6.12. The van der Waals surface area contributed by atoms with E-state index in [9.17, 15) is 0 Å². The first kappa shape index (κ1) is 13.9. The zero-order chi connectivity index (χ0) is 13.9. The monoisotopic (exact) mass is 274 g/mol. The molecule has 2 N–H and O–H groups in total. The number of rotatable bonds is 6. The van der Waals surface area contributed by atoms with E-state index < -0.39 is 0 Å². The molecule has 0 bridgehead atoms. The number of nitrogens with two attached hydrogens (primary N) is 1. The largest absolute Gasteiger partial charge is 0.488 e. The standard InChI is InChI=1S/C17H26N2O/c1-13-6-7-17-14(10-13)11-16(20-17)12-19(9-3-8-18)15-4-2-5-15/h6-7,10,15-16H,2-5,8-9,11-12,18H2,1H3. The highest BCUT2D eigenvalue weighted by molar-refractivity contribution is 5.40. The first-order chi connectivity index (χ1) is 9.76. The van der Waals surface area contributed by atoms with Gasteiger partial charge in [-0.1, -0.05) is 24.1 Å². The van der Waals surface area contributed by atoms with Crippen LogP contribution in [-0.2, 0) is 6.42 Å². The number of aryl methyl sites for hydroxylation is 1. The van der Waals surface area contributed by atoms with Crippen molar-refractivity contribution in [3.63, 3.8) is 0 Å². The van der Waals surface area contributed by atoms with Crippen molar-refractivity contribution in [3.8, 4) is 5.75 Å². The third kappa shape index (κ3) is 2.99. The summed E-state index contributed by atoms with van der Waals surface area (Å²) in [6, 6.07) is 7.30. The summed E-state index contributed by atoms with van der Waals surface area (Å²) in [6.07, 6.45) is 6.56. The number of fused-ring (bicyclic) bond motifs is 1. The molecule has 0 saturated heterocycles. The Labute approximate surface area is 122 Å². The van der Waals surface area contributed by atoms with Crippen molar-refractivity contribution in [1.29, 1.82) is 0 Å². The molecule has 1 aromatic carbocycles. The summed E-state index contributed by atoms with van der Waals surface area (Å²) in [7, 11) is 0. The molecule has 3 heteroatoms. The molecule has 0 spiro atoms. The Bertz CT molecular complexity index is 456. The molecule has 1 unspecified atom stereocenters. The Morgan fingerprint density at radius 3 is 2.90 bits per heavy atom. The zero-order valence-electron chi connectivity index (χ0n) is 12.5. The highest BCUT2D eigenvalue weighted by Crippen LogP contribution is 2.31. The van der Waals surface area contributed by atoms with Crippen LogP contribution in [0.3, 0.4) is 0 Å². The van der Waals surface area contributed by atoms with Crippen molar-refractivity contribution in [2.75, 3.05) is 19.6 Å². The van der Waals surface area contributed by atoms with E-state index in [0.29, 0.717) is 6.10 Å². The van der Waals surface area contributed by atoms with E-state index in [1.54, 1.807) is 0 Å². The van der Waals surface area contributed by atoms with Gasteiger partial charge in [0.25, 0.3) is 0 Å². The van der Waals surface area contributed by atoms with Gasteiger partial charge in [0.1, 0.15) is 11.9 Å². The molecule has 1 atom stereocenters. The van der Waals surface area contributed by atoms with Crippen molar-refractivity contribution >= 4 is 0 Å². The van der Waals surface area contributed by atoms with E-state index in [1.807, 2.05) is 0 Å². The van der Waals surface area contributed by atoms with E-state index in [4.69, 9.17) is 10.5 Å². The van der Waals surface area contributed by atoms with Gasteiger partial charge in [-0.25, -0.2) is 0 Å². The molecule has 0 aromatic heterocycles. The van der Waals surface area contributed by atoms with Crippen LogP contribution in [0.1, 0.15) is 36.8 Å². The number of ether oxygens (including phenoxy) is 1. The second kappa shape index (κ2) is 6.15. The molecular weight excluding hydrogens is 248 g/mol. The van der Waals surface area contributed by atoms with Crippen molar-refractivity contribution in [2.24, 2.45) is 5.73 Å². The third-order valence-electron chi connectivity index (χ3n) is 4.64. The Hall–Kier alpha value is -1.06. The van der Waals surface area contributed by atoms with Crippen LogP contribution in [0.15, 0.2) is 18.2 Å². The van der Waals surface area contributed by atoms with Gasteiger partial charge >= 0.3 is 0 Å². The van der Waals surface area contributed by atoms with Crippen LogP contribution in [-0.4, -0.2) is 36.7 Å². The fraction of sp³-hybridized carbons (Fsp3) is 0.647. The molecule has 1 heterocycles. The Morgan fingerprint density at radius 2 is 2.20 bits per heavy atom. The summed E-state index contributed by atoms with van der Waals surface area (Å²) in [5.74, 6) is 1.09. The van der Waals surface area contributed by atoms with Gasteiger partial charge in [0.05, 0.1) is 0 Å². The number of hydrogen-bond donors (Lipinski definition) is 1. The quantitative estimate of drug-likeness (QED) is 0.866. The average Bonchev–Trinajstić information content (AvgIpc) is 2.75. The van der Waals surface area contributed by atoms with Crippen molar-refractivity contribution < 1.29 is 4.74 Å². The Kier molecular flexibility index (Phi) is 4.27. The van der Waals surface area contributed by atoms with Gasteiger partial charge in [0.2, 0.25) is 0 Å². The maximum atomic E-state index is 6.12. The molecule has 1 aliphatic heterocycles. The van der Waals surface area contributed by atoms with Crippen molar-refractivity contribution in [2.45, 2.75) is 51.2 Å². The predicted molar refractivity (Wildman–Crippen MR) is 82.2 cm³/mol. The Balaban J connectivity index is 1.59. The van der Waals surface area contributed by atoms with Crippen LogP contribution in [0, 0.1) is 6.92 Å². The lowest BCUT2D eigenvalue weighted by Gasteiger charge is -2.38. The first-order valence-electron chi connectivity index (χ1n) is 7.96. The summed E-state index contributed by atoms with van der Waals surface area (Å²) in [5, 5.41) is 0. The molecule has 1 aliphatic carbocycles. The van der Waals surface area contributed by atoms with Gasteiger partial charge in [0.15, 0.2) is 0 Å². The lowest BCUT2D eigenvalue weighted by atomic mass is 9.91. The second-order valence-corrected chi connectivity index (χ2v) is 6.28. The van der Waals surface area contributed by atoms with Gasteiger partial charge in [-0.2, -0.15) is 0 Å². The molecule has 2 aliphatic rings. The highest BCUT2D eigenvalue weighted by atomic mass is 16.5. The van der Waals surface area contributed by atoms with Gasteiger partial charge in [-0.3, -0.25) is 4.90 Å². The van der Waals surface area contributed by atoms with E-state index in [2.05, 4.69) is 30.0 Å². The SMILES string of the molecule is Cc1ccc2c(c1)CC(CN(CCCN)C1CCC1)O2. The zero-order valence-corrected chi connectivity index (χ0v) is 12.5. The van der Waals surface area contributed by atoms with Crippen LogP contribution < -0.4 is 10.5 Å². The first-order valence-corrected chi connectivity index (χ1v) is 7.96. The normalized spacial score (nSPS) is 21.6. The summed E-state index contributed by atoms with van der Waals surface area (Å²) in [6.45, 7) is 5.11. The number of benzene rings is 1. The summed E-state index contributed by atoms with van der Waals surface area (Å²) in [4.78, 5) is 2.61. The van der Waals surface area contributed by atoms with Crippen molar-refractivity contribution in [1.82, 2.24) is 4.90 Å². The van der Waals surface area contributed by atoms with Crippen LogP contribution in [0.25, 0.3) is 0 Å². The number of hydrogen-bond acceptors (Lipinski definition) is 3. The predicted octanol–water partition coefficient (Wildman–Crippen LogP) is 2.50. The molecule has 1 aromatic rings. The molecule has 0 radical (unpaired) electrons. The van der Waals surface area contributed by atoms with E-state index in [0.717, 1.165) is 44.3 Å². The molecule has 110 valence electrons. The van der Waals surface area contributed by atoms with Crippen LogP contribution >= 0.6 is 0 Å². The highest BCUT2D eigenvalue weighted by Gasteiger charge is 2.30. The van der Waals surface area contributed by atoms with E-state index in [1.165, 1.54) is 30.4 Å². The maximum Gasteiger partial charge on any atom is 0.123 e. The molecule has 1 fully saturated rings. The minimum absolute atomic E-state index is 0.324. The van der Waals surface area contributed by atoms with Gasteiger partial charge in [-0.15, -0.1) is 0 Å². The van der Waals surface area contributed by atoms with Crippen LogP contribution in [0.2, 0.25) is 0 Å². The van der Waals surface area contributed by atoms with Gasteiger partial charge < -0.3 is 10.5 Å². The van der Waals surface area contributed by atoms with E-state index >= 15 is 0 Å². The van der Waals surface area contributed by atoms with E-state index in [-0.39, 0.29) is 0 Å². The van der Waals surface area contributed by atoms with Gasteiger partial charge in [-0.05, 0) is 50.9 Å². The molecule has 1 saturated carbocycles. The molecule has 20 heavy (non-hydrogen) atoms. The third-order valence-corrected chi connectivity index (χ3v) is 4.64. The minimum atomic E-state index is 0.324. The minimum Gasteiger partial charge on any atom is -0.488 e. The molecule has 3 nitrogen and oxygen atoms in total. The van der Waals surface area contributed by atoms with Gasteiger partial charge in [0, 0.05) is 19.0 Å². The summed E-state index contributed by atoms with van der Waals surface area (Å²) >= 11 is 0. The fourth-order valence-electron chi connectivity index (χ4n) is 3.28. The lowest BCUT2D eigenvalue weighted by molar-refractivity contribution is 0.0780.